The largest absolute Gasteiger partial charge is 0.471 e. The Bertz CT molecular complexity index is 728. The van der Waals surface area contributed by atoms with Gasteiger partial charge < -0.3 is 9.30 Å². The number of hydrogen-bond donors (Lipinski definition) is 0. The maximum atomic E-state index is 12.3. The van der Waals surface area contributed by atoms with Crippen molar-refractivity contribution < 1.29 is 13.2 Å². The molecule has 2 aromatic rings. The van der Waals surface area contributed by atoms with Gasteiger partial charge in [-0.2, -0.15) is 4.31 Å². The Balaban J connectivity index is 1.87. The van der Waals surface area contributed by atoms with Crippen LogP contribution in [-0.4, -0.2) is 40.7 Å². The summed E-state index contributed by atoms with van der Waals surface area (Å²) < 4.78 is 34.0. The van der Waals surface area contributed by atoms with Crippen molar-refractivity contribution >= 4 is 10.0 Å². The second-order valence-corrected chi connectivity index (χ2v) is 7.51. The Morgan fingerprint density at radius 2 is 2.14 bits per heavy atom. The Labute approximate surface area is 130 Å². The molecule has 7 heteroatoms. The lowest BCUT2D eigenvalue weighted by Gasteiger charge is -2.23. The summed E-state index contributed by atoms with van der Waals surface area (Å²) in [4.78, 5) is 4.16. The fourth-order valence-corrected chi connectivity index (χ4v) is 3.66. The number of sulfonamides is 1. The highest BCUT2D eigenvalue weighted by atomic mass is 32.2. The van der Waals surface area contributed by atoms with Crippen LogP contribution >= 0.6 is 0 Å². The first-order valence-electron chi connectivity index (χ1n) is 7.28. The molecule has 2 aromatic heterocycles. The van der Waals surface area contributed by atoms with Crippen LogP contribution in [0.4, 0.5) is 0 Å². The lowest BCUT2D eigenvalue weighted by molar-refractivity contribution is 0.154. The number of aromatic nitrogens is 2. The van der Waals surface area contributed by atoms with Gasteiger partial charge in [0.25, 0.3) is 0 Å². The Kier molecular flexibility index (Phi) is 4.17. The van der Waals surface area contributed by atoms with Crippen molar-refractivity contribution in [3.05, 3.63) is 48.4 Å². The summed E-state index contributed by atoms with van der Waals surface area (Å²) in [6, 6.07) is 9.31. The summed E-state index contributed by atoms with van der Waals surface area (Å²) in [6.07, 6.45) is 3.34. The van der Waals surface area contributed by atoms with E-state index in [9.17, 15) is 8.42 Å². The topological polar surface area (TPSA) is 64.4 Å². The Morgan fingerprint density at radius 3 is 2.86 bits per heavy atom. The van der Waals surface area contributed by atoms with Gasteiger partial charge in [-0.15, -0.1) is 0 Å². The fourth-order valence-electron chi connectivity index (χ4n) is 2.58. The zero-order valence-electron chi connectivity index (χ0n) is 12.4. The van der Waals surface area contributed by atoms with Crippen molar-refractivity contribution in [2.45, 2.75) is 26.1 Å². The van der Waals surface area contributed by atoms with Crippen LogP contribution in [0.1, 0.15) is 12.6 Å². The summed E-state index contributed by atoms with van der Waals surface area (Å²) in [5.74, 6) is 0.598. The highest BCUT2D eigenvalue weighted by Gasteiger charge is 2.29. The molecule has 1 atom stereocenters. The van der Waals surface area contributed by atoms with E-state index < -0.39 is 10.0 Å². The number of ether oxygens (including phenoxy) is 1. The quantitative estimate of drug-likeness (QED) is 0.856. The van der Waals surface area contributed by atoms with Gasteiger partial charge in [0.1, 0.15) is 6.10 Å². The maximum Gasteiger partial charge on any atom is 0.214 e. The molecule has 0 fully saturated rings. The third-order valence-electron chi connectivity index (χ3n) is 3.75. The first-order valence-corrected chi connectivity index (χ1v) is 8.89. The number of pyridine rings is 1. The summed E-state index contributed by atoms with van der Waals surface area (Å²) in [7, 11) is -3.27. The van der Waals surface area contributed by atoms with Crippen LogP contribution in [0.15, 0.2) is 42.7 Å². The third kappa shape index (κ3) is 3.15. The van der Waals surface area contributed by atoms with E-state index in [4.69, 9.17) is 4.74 Å². The molecule has 22 heavy (non-hydrogen) atoms. The Hall–Kier alpha value is -1.86. The summed E-state index contributed by atoms with van der Waals surface area (Å²) in [5, 5.41) is 0. The van der Waals surface area contributed by atoms with Crippen LogP contribution in [0.25, 0.3) is 0 Å². The summed E-state index contributed by atoms with van der Waals surface area (Å²) in [6.45, 7) is 2.97. The number of nitrogens with zero attached hydrogens (tertiary/aromatic N) is 3. The van der Waals surface area contributed by atoms with Gasteiger partial charge >= 0.3 is 0 Å². The van der Waals surface area contributed by atoms with Crippen LogP contribution in [0, 0.1) is 0 Å². The van der Waals surface area contributed by atoms with Gasteiger partial charge in [-0.1, -0.05) is 6.07 Å². The van der Waals surface area contributed by atoms with E-state index in [0.29, 0.717) is 25.5 Å². The highest BCUT2D eigenvalue weighted by molar-refractivity contribution is 7.89. The van der Waals surface area contributed by atoms with Crippen LogP contribution < -0.4 is 4.74 Å². The molecule has 1 aliphatic heterocycles. The minimum atomic E-state index is -3.27. The van der Waals surface area contributed by atoms with Gasteiger partial charge in [0.05, 0.1) is 25.4 Å². The molecule has 0 amide bonds. The van der Waals surface area contributed by atoms with E-state index in [0.717, 1.165) is 5.69 Å². The van der Waals surface area contributed by atoms with E-state index in [-0.39, 0.29) is 11.9 Å². The molecule has 0 aliphatic carbocycles. The van der Waals surface area contributed by atoms with Gasteiger partial charge in [0.15, 0.2) is 0 Å². The molecule has 0 radical (unpaired) electrons. The molecule has 1 aliphatic rings. The minimum absolute atomic E-state index is 0.0873. The predicted molar refractivity (Wildman–Crippen MR) is 83.0 cm³/mol. The van der Waals surface area contributed by atoms with Crippen molar-refractivity contribution in [3.63, 3.8) is 0 Å². The van der Waals surface area contributed by atoms with E-state index >= 15 is 0 Å². The predicted octanol–water partition coefficient (Wildman–Crippen LogP) is 1.50. The summed E-state index contributed by atoms with van der Waals surface area (Å²) in [5.41, 5.74) is 0.976. The number of fused-ring (bicyclic) bond motifs is 1. The molecule has 6 nitrogen and oxygen atoms in total. The molecule has 3 heterocycles. The van der Waals surface area contributed by atoms with E-state index in [1.165, 1.54) is 4.31 Å². The second-order valence-electron chi connectivity index (χ2n) is 5.25. The van der Waals surface area contributed by atoms with Crippen molar-refractivity contribution in [2.24, 2.45) is 0 Å². The third-order valence-corrected chi connectivity index (χ3v) is 5.55. The van der Waals surface area contributed by atoms with Crippen LogP contribution in [0.3, 0.4) is 0 Å². The molecular weight excluding hydrogens is 302 g/mol. The van der Waals surface area contributed by atoms with Gasteiger partial charge in [0.2, 0.25) is 15.9 Å². The van der Waals surface area contributed by atoms with E-state index in [1.807, 2.05) is 35.0 Å². The summed E-state index contributed by atoms with van der Waals surface area (Å²) >= 11 is 0. The number of rotatable bonds is 4. The molecule has 0 saturated carbocycles. The zero-order valence-corrected chi connectivity index (χ0v) is 13.2. The SMILES string of the molecule is CCS(=O)(=O)N1Cc2cccn2C[C@H](Oc2ccccn2)C1. The van der Waals surface area contributed by atoms with Gasteiger partial charge in [-0.05, 0) is 25.1 Å². The van der Waals surface area contributed by atoms with Crippen molar-refractivity contribution in [3.8, 4) is 5.88 Å². The minimum Gasteiger partial charge on any atom is -0.471 e. The van der Waals surface area contributed by atoms with E-state index in [2.05, 4.69) is 4.98 Å². The molecule has 0 unspecified atom stereocenters. The molecule has 0 spiro atoms. The second kappa shape index (κ2) is 6.10. The van der Waals surface area contributed by atoms with Crippen molar-refractivity contribution in [1.82, 2.24) is 13.9 Å². The molecule has 0 aromatic carbocycles. The van der Waals surface area contributed by atoms with Crippen molar-refractivity contribution in [2.75, 3.05) is 12.3 Å². The molecular formula is C15H19N3O3S. The lowest BCUT2D eigenvalue weighted by Crippen LogP contribution is -2.39. The normalized spacial score (nSPS) is 19.4. The van der Waals surface area contributed by atoms with Crippen LogP contribution in [-0.2, 0) is 23.1 Å². The average molecular weight is 321 g/mol. The molecule has 0 bridgehead atoms. The first kappa shape index (κ1) is 15.1. The molecule has 0 saturated heterocycles. The lowest BCUT2D eigenvalue weighted by atomic mass is 10.3. The smallest absolute Gasteiger partial charge is 0.214 e. The first-order chi connectivity index (χ1) is 10.6. The molecule has 118 valence electrons. The monoisotopic (exact) mass is 321 g/mol. The maximum absolute atomic E-state index is 12.3. The van der Waals surface area contributed by atoms with Gasteiger partial charge in [-0.25, -0.2) is 13.4 Å². The Morgan fingerprint density at radius 1 is 1.27 bits per heavy atom. The standard InChI is InChI=1S/C15H19N3O3S/c1-2-22(19,20)18-10-13-6-5-9-17(13)11-14(12-18)21-15-7-3-4-8-16-15/h3-9,14H,2,10-12H2,1H3/t14-/m0/s1. The van der Waals surface area contributed by atoms with E-state index in [1.54, 1.807) is 19.2 Å². The van der Waals surface area contributed by atoms with Crippen molar-refractivity contribution in [1.29, 1.82) is 0 Å². The van der Waals surface area contributed by atoms with Crippen LogP contribution in [0.5, 0.6) is 5.88 Å². The zero-order chi connectivity index (χ0) is 15.6. The fraction of sp³-hybridized carbons (Fsp3) is 0.400. The molecule has 3 rings (SSSR count). The highest BCUT2D eigenvalue weighted by Crippen LogP contribution is 2.19. The number of hydrogen-bond acceptors (Lipinski definition) is 4. The molecule has 0 N–H and O–H groups in total. The van der Waals surface area contributed by atoms with Gasteiger partial charge in [-0.3, -0.25) is 0 Å². The average Bonchev–Trinajstić information content (AvgIpc) is 2.87. The van der Waals surface area contributed by atoms with Crippen LogP contribution in [0.2, 0.25) is 0 Å². The van der Waals surface area contributed by atoms with Gasteiger partial charge in [0, 0.05) is 24.2 Å².